The van der Waals surface area contributed by atoms with E-state index < -0.39 is 10.0 Å². The van der Waals surface area contributed by atoms with Gasteiger partial charge in [0.25, 0.3) is 0 Å². The fraction of sp³-hybridized carbons (Fsp3) is 0.632. The van der Waals surface area contributed by atoms with Crippen molar-refractivity contribution >= 4 is 15.9 Å². The maximum atomic E-state index is 13.1. The molecule has 25 heavy (non-hydrogen) atoms. The topological polar surface area (TPSA) is 66.5 Å². The normalized spacial score (nSPS) is 17.4. The summed E-state index contributed by atoms with van der Waals surface area (Å²) in [5.74, 6) is -0.217. The van der Waals surface area contributed by atoms with Crippen LogP contribution in [0.4, 0.5) is 0 Å². The van der Waals surface area contributed by atoms with Gasteiger partial charge in [-0.05, 0) is 38.3 Å². The molecule has 1 aliphatic rings. The lowest BCUT2D eigenvalue weighted by molar-refractivity contribution is -0.122. The smallest absolute Gasteiger partial charge is 0.243 e. The summed E-state index contributed by atoms with van der Waals surface area (Å²) in [5, 5.41) is 2.93. The van der Waals surface area contributed by atoms with Gasteiger partial charge in [-0.15, -0.1) is 0 Å². The summed E-state index contributed by atoms with van der Waals surface area (Å²) < 4.78 is 27.7. The molecule has 1 saturated carbocycles. The Bertz CT molecular complexity index is 640. The first kappa shape index (κ1) is 19.9. The first-order valence-electron chi connectivity index (χ1n) is 9.31. The summed E-state index contributed by atoms with van der Waals surface area (Å²) in [6.07, 6.45) is 6.68. The molecular formula is C19H30N2O3S. The second-order valence-electron chi connectivity index (χ2n) is 6.91. The van der Waals surface area contributed by atoms with Crippen LogP contribution in [0.1, 0.15) is 58.8 Å². The highest BCUT2D eigenvalue weighted by molar-refractivity contribution is 7.89. The lowest BCUT2D eigenvalue weighted by Crippen LogP contribution is -2.48. The van der Waals surface area contributed by atoms with Crippen molar-refractivity contribution in [1.29, 1.82) is 0 Å². The molecule has 0 bridgehead atoms. The van der Waals surface area contributed by atoms with Crippen LogP contribution in [-0.2, 0) is 14.8 Å². The number of hydrogen-bond donors (Lipinski definition) is 1. The van der Waals surface area contributed by atoms with Crippen molar-refractivity contribution in [2.75, 3.05) is 6.54 Å². The minimum absolute atomic E-state index is 0.0603. The molecule has 0 aliphatic heterocycles. The lowest BCUT2D eigenvalue weighted by Gasteiger charge is -2.33. The molecule has 1 fully saturated rings. The third kappa shape index (κ3) is 5.54. The number of carbonyl (C=O) groups is 1. The molecular weight excluding hydrogens is 336 g/mol. The number of hydrogen-bond acceptors (Lipinski definition) is 3. The Hall–Kier alpha value is -1.40. The number of amides is 1. The van der Waals surface area contributed by atoms with E-state index in [-0.39, 0.29) is 29.4 Å². The highest BCUT2D eigenvalue weighted by Crippen LogP contribution is 2.27. The largest absolute Gasteiger partial charge is 0.353 e. The standard InChI is InChI=1S/C19H30N2O3S/c1-3-10-16(2)20-19(22)15-21(17-11-6-4-7-12-17)25(23,24)18-13-8-5-9-14-18/h5,8-9,13-14,16-17H,3-4,6-7,10-12,15H2,1-2H3,(H,20,22). The predicted molar refractivity (Wildman–Crippen MR) is 99.7 cm³/mol. The van der Waals surface area contributed by atoms with Gasteiger partial charge in [-0.3, -0.25) is 4.79 Å². The van der Waals surface area contributed by atoms with E-state index in [2.05, 4.69) is 12.2 Å². The third-order valence-electron chi connectivity index (χ3n) is 4.76. The Balaban J connectivity index is 2.20. The molecule has 1 aromatic carbocycles. The van der Waals surface area contributed by atoms with Gasteiger partial charge in [-0.1, -0.05) is 50.8 Å². The van der Waals surface area contributed by atoms with Crippen molar-refractivity contribution in [3.05, 3.63) is 30.3 Å². The van der Waals surface area contributed by atoms with Crippen molar-refractivity contribution < 1.29 is 13.2 Å². The van der Waals surface area contributed by atoms with Gasteiger partial charge in [0.1, 0.15) is 0 Å². The van der Waals surface area contributed by atoms with Gasteiger partial charge >= 0.3 is 0 Å². The molecule has 1 aromatic rings. The lowest BCUT2D eigenvalue weighted by atomic mass is 9.95. The molecule has 1 aliphatic carbocycles. The summed E-state index contributed by atoms with van der Waals surface area (Å²) in [6, 6.07) is 8.40. The maximum Gasteiger partial charge on any atom is 0.243 e. The van der Waals surface area contributed by atoms with Crippen LogP contribution in [0, 0.1) is 0 Å². The summed E-state index contributed by atoms with van der Waals surface area (Å²) in [5.41, 5.74) is 0. The van der Waals surface area contributed by atoms with Gasteiger partial charge in [-0.25, -0.2) is 8.42 Å². The molecule has 6 heteroatoms. The molecule has 1 atom stereocenters. The number of carbonyl (C=O) groups excluding carboxylic acids is 1. The highest BCUT2D eigenvalue weighted by atomic mass is 32.2. The van der Waals surface area contributed by atoms with E-state index in [1.54, 1.807) is 30.3 Å². The SMILES string of the molecule is CCCC(C)NC(=O)CN(C1CCCCC1)S(=O)(=O)c1ccccc1. The van der Waals surface area contributed by atoms with Gasteiger partial charge in [0.2, 0.25) is 15.9 Å². The molecule has 140 valence electrons. The summed E-state index contributed by atoms with van der Waals surface area (Å²) in [7, 11) is -3.67. The van der Waals surface area contributed by atoms with E-state index >= 15 is 0 Å². The van der Waals surface area contributed by atoms with Gasteiger partial charge in [0, 0.05) is 12.1 Å². The van der Waals surface area contributed by atoms with Crippen LogP contribution in [0.15, 0.2) is 35.2 Å². The van der Waals surface area contributed by atoms with Crippen molar-refractivity contribution in [3.63, 3.8) is 0 Å². The first-order chi connectivity index (χ1) is 11.9. The monoisotopic (exact) mass is 366 g/mol. The summed E-state index contributed by atoms with van der Waals surface area (Å²) in [6.45, 7) is 3.92. The van der Waals surface area contributed by atoms with E-state index in [0.717, 1.165) is 44.9 Å². The fourth-order valence-corrected chi connectivity index (χ4v) is 5.14. The average molecular weight is 367 g/mol. The van der Waals surface area contributed by atoms with Gasteiger partial charge in [-0.2, -0.15) is 4.31 Å². The summed E-state index contributed by atoms with van der Waals surface area (Å²) >= 11 is 0. The molecule has 0 heterocycles. The Morgan fingerprint density at radius 1 is 1.20 bits per heavy atom. The van der Waals surface area contributed by atoms with Gasteiger partial charge < -0.3 is 5.32 Å². The van der Waals surface area contributed by atoms with Gasteiger partial charge in [0.15, 0.2) is 0 Å². The molecule has 0 spiro atoms. The second-order valence-corrected chi connectivity index (χ2v) is 8.80. The number of sulfonamides is 1. The maximum absolute atomic E-state index is 13.1. The van der Waals surface area contributed by atoms with E-state index in [1.807, 2.05) is 6.92 Å². The zero-order valence-electron chi connectivity index (χ0n) is 15.3. The molecule has 0 radical (unpaired) electrons. The number of rotatable bonds is 8. The zero-order valence-corrected chi connectivity index (χ0v) is 16.1. The van der Waals surface area contributed by atoms with Crippen molar-refractivity contribution in [2.24, 2.45) is 0 Å². The van der Waals surface area contributed by atoms with Crippen molar-refractivity contribution in [2.45, 2.75) is 75.8 Å². The van der Waals surface area contributed by atoms with Crippen LogP contribution < -0.4 is 5.32 Å². The average Bonchev–Trinajstić information content (AvgIpc) is 2.61. The summed E-state index contributed by atoms with van der Waals surface area (Å²) in [4.78, 5) is 12.7. The number of nitrogens with zero attached hydrogens (tertiary/aromatic N) is 1. The minimum Gasteiger partial charge on any atom is -0.353 e. The highest BCUT2D eigenvalue weighted by Gasteiger charge is 2.33. The molecule has 2 rings (SSSR count). The van der Waals surface area contributed by atoms with E-state index in [4.69, 9.17) is 0 Å². The van der Waals surface area contributed by atoms with Crippen LogP contribution in [0.5, 0.6) is 0 Å². The number of benzene rings is 1. The fourth-order valence-electron chi connectivity index (χ4n) is 3.47. The van der Waals surface area contributed by atoms with E-state index in [0.29, 0.717) is 0 Å². The minimum atomic E-state index is -3.67. The van der Waals surface area contributed by atoms with Crippen LogP contribution >= 0.6 is 0 Å². The first-order valence-corrected chi connectivity index (χ1v) is 10.8. The molecule has 1 amide bonds. The van der Waals surface area contributed by atoms with Crippen molar-refractivity contribution in [3.8, 4) is 0 Å². The second kappa shape index (κ2) is 9.34. The third-order valence-corrected chi connectivity index (χ3v) is 6.67. The number of nitrogens with one attached hydrogen (secondary N) is 1. The molecule has 0 aromatic heterocycles. The van der Waals surface area contributed by atoms with Gasteiger partial charge in [0.05, 0.1) is 11.4 Å². The van der Waals surface area contributed by atoms with Crippen LogP contribution in [0.3, 0.4) is 0 Å². The van der Waals surface area contributed by atoms with Crippen LogP contribution in [-0.4, -0.2) is 37.3 Å². The Labute approximate surface area is 151 Å². The van der Waals surface area contributed by atoms with Crippen LogP contribution in [0.25, 0.3) is 0 Å². The van der Waals surface area contributed by atoms with Crippen molar-refractivity contribution in [1.82, 2.24) is 9.62 Å². The van der Waals surface area contributed by atoms with E-state index in [1.165, 1.54) is 4.31 Å². The molecule has 5 nitrogen and oxygen atoms in total. The Morgan fingerprint density at radius 3 is 2.44 bits per heavy atom. The Morgan fingerprint density at radius 2 is 1.84 bits per heavy atom. The zero-order chi connectivity index (χ0) is 18.3. The molecule has 1 N–H and O–H groups in total. The van der Waals surface area contributed by atoms with Crippen LogP contribution in [0.2, 0.25) is 0 Å². The molecule has 1 unspecified atom stereocenters. The Kier molecular flexibility index (Phi) is 7.44. The quantitative estimate of drug-likeness (QED) is 0.767. The predicted octanol–water partition coefficient (Wildman–Crippen LogP) is 3.31. The van der Waals surface area contributed by atoms with E-state index in [9.17, 15) is 13.2 Å². The molecule has 0 saturated heterocycles.